The average Bonchev–Trinajstić information content (AvgIpc) is 3.08. The fourth-order valence-electron chi connectivity index (χ4n) is 2.32. The summed E-state index contributed by atoms with van der Waals surface area (Å²) in [4.78, 5) is 14.6. The average molecular weight is 364 g/mol. The van der Waals surface area contributed by atoms with Gasteiger partial charge < -0.3 is 9.64 Å². The van der Waals surface area contributed by atoms with Crippen LogP contribution < -0.4 is 10.2 Å². The number of thioether (sulfide) groups is 1. The number of rotatable bonds is 6. The van der Waals surface area contributed by atoms with Crippen LogP contribution in [0, 0.1) is 0 Å². The lowest BCUT2D eigenvalue weighted by molar-refractivity contribution is 0.102. The van der Waals surface area contributed by atoms with Crippen LogP contribution in [-0.2, 0) is 4.74 Å². The van der Waals surface area contributed by atoms with Crippen LogP contribution in [0.5, 0.6) is 0 Å². The Morgan fingerprint density at radius 3 is 2.75 bits per heavy atom. The summed E-state index contributed by atoms with van der Waals surface area (Å²) in [7, 11) is 0. The molecule has 0 saturated carbocycles. The molecule has 0 atom stereocenters. The topological polar surface area (TPSA) is 67.4 Å². The minimum Gasteiger partial charge on any atom is -0.378 e. The zero-order valence-corrected chi connectivity index (χ0v) is 15.2. The van der Waals surface area contributed by atoms with E-state index in [1.807, 2.05) is 24.3 Å². The summed E-state index contributed by atoms with van der Waals surface area (Å²) in [5, 5.41) is 11.4. The predicted octanol–water partition coefficient (Wildman–Crippen LogP) is 3.13. The van der Waals surface area contributed by atoms with E-state index in [0.29, 0.717) is 10.7 Å². The number of anilines is 2. The first kappa shape index (κ1) is 17.2. The highest BCUT2D eigenvalue weighted by Gasteiger charge is 2.13. The molecule has 0 bridgehead atoms. The van der Waals surface area contributed by atoms with E-state index in [0.717, 1.165) is 48.5 Å². The van der Waals surface area contributed by atoms with Crippen molar-refractivity contribution in [1.29, 1.82) is 0 Å². The van der Waals surface area contributed by atoms with Gasteiger partial charge in [-0.2, -0.15) is 0 Å². The molecule has 3 rings (SSSR count). The molecule has 6 nitrogen and oxygen atoms in total. The molecule has 1 amide bonds. The highest BCUT2D eigenvalue weighted by atomic mass is 32.2. The SMILES string of the molecule is CCCSc1nnc(NC(=O)c2ccc(N3CCOCC3)cc2)s1. The highest BCUT2D eigenvalue weighted by molar-refractivity contribution is 8.01. The van der Waals surface area contributed by atoms with Crippen LogP contribution in [0.15, 0.2) is 28.6 Å². The molecule has 1 fully saturated rings. The van der Waals surface area contributed by atoms with Gasteiger partial charge in [-0.15, -0.1) is 10.2 Å². The fraction of sp³-hybridized carbons (Fsp3) is 0.438. The maximum Gasteiger partial charge on any atom is 0.257 e. The first-order chi connectivity index (χ1) is 11.8. The van der Waals surface area contributed by atoms with Crippen LogP contribution in [0.25, 0.3) is 0 Å². The lowest BCUT2D eigenvalue weighted by atomic mass is 10.2. The molecule has 24 heavy (non-hydrogen) atoms. The highest BCUT2D eigenvalue weighted by Crippen LogP contribution is 2.26. The van der Waals surface area contributed by atoms with Crippen molar-refractivity contribution in [2.24, 2.45) is 0 Å². The van der Waals surface area contributed by atoms with E-state index in [1.54, 1.807) is 11.8 Å². The van der Waals surface area contributed by atoms with Crippen molar-refractivity contribution in [3.05, 3.63) is 29.8 Å². The van der Waals surface area contributed by atoms with Crippen LogP contribution in [-0.4, -0.2) is 48.2 Å². The van der Waals surface area contributed by atoms with Gasteiger partial charge in [0.1, 0.15) is 0 Å². The second-order valence-electron chi connectivity index (χ2n) is 5.32. The quantitative estimate of drug-likeness (QED) is 0.627. The largest absolute Gasteiger partial charge is 0.378 e. The molecule has 1 aliphatic heterocycles. The molecule has 8 heteroatoms. The molecule has 128 valence electrons. The lowest BCUT2D eigenvalue weighted by Crippen LogP contribution is -2.36. The summed E-state index contributed by atoms with van der Waals surface area (Å²) in [5.74, 6) is 0.845. The Labute approximate surface area is 149 Å². The van der Waals surface area contributed by atoms with Crippen molar-refractivity contribution in [2.75, 3.05) is 42.3 Å². The number of amides is 1. The molecule has 1 N–H and O–H groups in total. The van der Waals surface area contributed by atoms with Crippen molar-refractivity contribution >= 4 is 39.8 Å². The summed E-state index contributed by atoms with van der Waals surface area (Å²) in [6.45, 7) is 5.38. The van der Waals surface area contributed by atoms with Gasteiger partial charge in [0.15, 0.2) is 4.34 Å². The number of hydrogen-bond donors (Lipinski definition) is 1. The van der Waals surface area contributed by atoms with Crippen molar-refractivity contribution in [3.63, 3.8) is 0 Å². The number of carbonyl (C=O) groups is 1. The normalized spacial score (nSPS) is 14.6. The second-order valence-corrected chi connectivity index (χ2v) is 7.64. The molecule has 1 aromatic heterocycles. The summed E-state index contributed by atoms with van der Waals surface area (Å²) in [5.41, 5.74) is 1.73. The van der Waals surface area contributed by atoms with Gasteiger partial charge in [0.25, 0.3) is 5.91 Å². The summed E-state index contributed by atoms with van der Waals surface area (Å²) >= 11 is 3.07. The fourth-order valence-corrected chi connectivity index (χ4v) is 3.99. The van der Waals surface area contributed by atoms with Gasteiger partial charge in [-0.3, -0.25) is 10.1 Å². The standard InChI is InChI=1S/C16H20N4O2S2/c1-2-11-23-16-19-18-15(24-16)17-14(21)12-3-5-13(6-4-12)20-7-9-22-10-8-20/h3-6H,2,7-11H2,1H3,(H,17,18,21). The monoisotopic (exact) mass is 364 g/mol. The smallest absolute Gasteiger partial charge is 0.257 e. The van der Waals surface area contributed by atoms with Gasteiger partial charge in [-0.25, -0.2) is 0 Å². The number of carbonyl (C=O) groups excluding carboxylic acids is 1. The van der Waals surface area contributed by atoms with Gasteiger partial charge in [0, 0.05) is 30.1 Å². The van der Waals surface area contributed by atoms with Crippen LogP contribution >= 0.6 is 23.1 Å². The van der Waals surface area contributed by atoms with Gasteiger partial charge in [-0.1, -0.05) is 30.0 Å². The van der Waals surface area contributed by atoms with Crippen molar-refractivity contribution in [1.82, 2.24) is 10.2 Å². The minimum atomic E-state index is -0.160. The van der Waals surface area contributed by atoms with E-state index in [2.05, 4.69) is 27.3 Å². The van der Waals surface area contributed by atoms with Gasteiger partial charge in [-0.05, 0) is 30.7 Å². The number of morpholine rings is 1. The van der Waals surface area contributed by atoms with E-state index in [9.17, 15) is 4.79 Å². The second kappa shape index (κ2) is 8.46. The first-order valence-corrected chi connectivity index (χ1v) is 9.77. The van der Waals surface area contributed by atoms with Crippen molar-refractivity contribution in [2.45, 2.75) is 17.7 Å². The number of ether oxygens (including phenoxy) is 1. The zero-order valence-electron chi connectivity index (χ0n) is 13.5. The summed E-state index contributed by atoms with van der Waals surface area (Å²) in [6, 6.07) is 7.63. The molecular weight excluding hydrogens is 344 g/mol. The van der Waals surface area contributed by atoms with Crippen molar-refractivity contribution < 1.29 is 9.53 Å². The number of nitrogens with one attached hydrogen (secondary N) is 1. The van der Waals surface area contributed by atoms with E-state index < -0.39 is 0 Å². The van der Waals surface area contributed by atoms with E-state index in [1.165, 1.54) is 11.3 Å². The molecule has 1 saturated heterocycles. The first-order valence-electron chi connectivity index (χ1n) is 7.96. The third kappa shape index (κ3) is 4.46. The van der Waals surface area contributed by atoms with Gasteiger partial charge in [0.2, 0.25) is 5.13 Å². The molecule has 2 heterocycles. The molecule has 0 aliphatic carbocycles. The minimum absolute atomic E-state index is 0.160. The van der Waals surface area contributed by atoms with Crippen LogP contribution in [0.3, 0.4) is 0 Å². The molecule has 1 aromatic carbocycles. The zero-order chi connectivity index (χ0) is 16.8. The maximum absolute atomic E-state index is 12.3. The van der Waals surface area contributed by atoms with Gasteiger partial charge >= 0.3 is 0 Å². The lowest BCUT2D eigenvalue weighted by Gasteiger charge is -2.28. The third-order valence-electron chi connectivity index (χ3n) is 3.56. The van der Waals surface area contributed by atoms with Crippen molar-refractivity contribution in [3.8, 4) is 0 Å². The van der Waals surface area contributed by atoms with Crippen LogP contribution in [0.2, 0.25) is 0 Å². The third-order valence-corrected chi connectivity index (χ3v) is 5.74. The number of aromatic nitrogens is 2. The van der Waals surface area contributed by atoms with Crippen LogP contribution in [0.1, 0.15) is 23.7 Å². The Morgan fingerprint density at radius 1 is 1.29 bits per heavy atom. The predicted molar refractivity (Wildman–Crippen MR) is 98.4 cm³/mol. The Bertz CT molecular complexity index is 669. The molecule has 0 spiro atoms. The Balaban J connectivity index is 1.59. The molecule has 1 aliphatic rings. The Morgan fingerprint density at radius 2 is 2.04 bits per heavy atom. The van der Waals surface area contributed by atoms with E-state index in [-0.39, 0.29) is 5.91 Å². The molecule has 2 aromatic rings. The molecule has 0 radical (unpaired) electrons. The van der Waals surface area contributed by atoms with E-state index >= 15 is 0 Å². The number of hydrogen-bond acceptors (Lipinski definition) is 7. The maximum atomic E-state index is 12.3. The number of benzene rings is 1. The van der Waals surface area contributed by atoms with Gasteiger partial charge in [0.05, 0.1) is 13.2 Å². The molecule has 0 unspecified atom stereocenters. The summed E-state index contributed by atoms with van der Waals surface area (Å²) in [6.07, 6.45) is 1.08. The number of nitrogens with zero attached hydrogens (tertiary/aromatic N) is 3. The Hall–Kier alpha value is -1.64. The summed E-state index contributed by atoms with van der Waals surface area (Å²) < 4.78 is 6.24. The Kier molecular flexibility index (Phi) is 6.06. The molecular formula is C16H20N4O2S2. The van der Waals surface area contributed by atoms with E-state index in [4.69, 9.17) is 4.74 Å². The van der Waals surface area contributed by atoms with Crippen LogP contribution in [0.4, 0.5) is 10.8 Å².